The van der Waals surface area contributed by atoms with Crippen LogP contribution in [0.3, 0.4) is 0 Å². The second-order valence-electron chi connectivity index (χ2n) is 3.96. The van der Waals surface area contributed by atoms with Crippen LogP contribution in [0.1, 0.15) is 5.56 Å². The molecular weight excluding hydrogens is 236 g/mol. The average Bonchev–Trinajstić information content (AvgIpc) is 2.34. The summed E-state index contributed by atoms with van der Waals surface area (Å²) in [6.45, 7) is 0. The minimum absolute atomic E-state index is 0.244. The van der Waals surface area contributed by atoms with Crippen LogP contribution >= 0.6 is 0 Å². The molecule has 0 amide bonds. The van der Waals surface area contributed by atoms with Crippen LogP contribution in [0.15, 0.2) is 47.1 Å². The van der Waals surface area contributed by atoms with Crippen LogP contribution in [0.4, 0.5) is 0 Å². The van der Waals surface area contributed by atoms with E-state index in [9.17, 15) is 14.4 Å². The van der Waals surface area contributed by atoms with E-state index in [-0.39, 0.29) is 5.76 Å². The third kappa shape index (κ3) is 1.57. The predicted molar refractivity (Wildman–Crippen MR) is 67.0 cm³/mol. The van der Waals surface area contributed by atoms with Gasteiger partial charge in [-0.25, -0.2) is 0 Å². The highest BCUT2D eigenvalue weighted by Gasteiger charge is 2.26. The van der Waals surface area contributed by atoms with E-state index in [1.807, 2.05) is 30.3 Å². The Balaban J connectivity index is 2.34. The third-order valence-electron chi connectivity index (χ3n) is 2.85. The Kier molecular flexibility index (Phi) is 2.28. The molecule has 2 unspecified atom stereocenters. The van der Waals surface area contributed by atoms with Crippen molar-refractivity contribution in [2.24, 2.45) is 0 Å². The van der Waals surface area contributed by atoms with Crippen LogP contribution < -0.4 is 0 Å². The molecule has 4 heteroatoms. The molecule has 0 aliphatic carbocycles. The second-order valence-corrected chi connectivity index (χ2v) is 5.44. The molecule has 0 bridgehead atoms. The lowest BCUT2D eigenvalue weighted by Gasteiger charge is -2.18. The molecule has 86 valence electrons. The van der Waals surface area contributed by atoms with Crippen LogP contribution in [0.25, 0.3) is 16.8 Å². The maximum atomic E-state index is 11.9. The number of rotatable bonds is 0. The third-order valence-corrected chi connectivity index (χ3v) is 4.29. The van der Waals surface area contributed by atoms with Crippen LogP contribution in [0, 0.1) is 0 Å². The van der Waals surface area contributed by atoms with Gasteiger partial charge in [-0.05, 0) is 34.5 Å². The van der Waals surface area contributed by atoms with Gasteiger partial charge in [-0.3, -0.25) is 4.21 Å². The summed E-state index contributed by atoms with van der Waals surface area (Å²) >= 11 is 0. The summed E-state index contributed by atoms with van der Waals surface area (Å²) in [7, 11) is -1.61. The van der Waals surface area contributed by atoms with E-state index in [1.54, 1.807) is 6.07 Å². The van der Waals surface area contributed by atoms with Crippen molar-refractivity contribution >= 4 is 27.6 Å². The minimum atomic E-state index is -1.61. The molecule has 0 fully saturated rings. The zero-order valence-electron chi connectivity index (χ0n) is 8.83. The lowest BCUT2D eigenvalue weighted by Crippen LogP contribution is -2.21. The summed E-state index contributed by atoms with van der Waals surface area (Å²) in [6.07, 6.45) is 1.47. The van der Waals surface area contributed by atoms with Gasteiger partial charge < -0.3 is 10.2 Å². The summed E-state index contributed by atoms with van der Waals surface area (Å²) in [6, 6.07) is 11.4. The lowest BCUT2D eigenvalue weighted by molar-refractivity contribution is 0.222. The van der Waals surface area contributed by atoms with Crippen molar-refractivity contribution in [1.82, 2.24) is 0 Å². The summed E-state index contributed by atoms with van der Waals surface area (Å²) in [5.41, 5.74) is -0.617. The molecule has 0 saturated heterocycles. The summed E-state index contributed by atoms with van der Waals surface area (Å²) in [5, 5.41) is 21.0. The first-order chi connectivity index (χ1) is 8.16. The number of aliphatic hydroxyl groups is 2. The molecular formula is C13H10O3S. The van der Waals surface area contributed by atoms with Crippen molar-refractivity contribution < 1.29 is 14.4 Å². The molecule has 2 atom stereocenters. The van der Waals surface area contributed by atoms with E-state index < -0.39 is 16.2 Å². The van der Waals surface area contributed by atoms with Crippen molar-refractivity contribution in [2.75, 3.05) is 0 Å². The molecule has 1 heterocycles. The Morgan fingerprint density at radius 1 is 1.12 bits per heavy atom. The SMILES string of the molecule is O=S1c2cc3ccccc3cc2C=C(O)C1O. The molecule has 0 spiro atoms. The summed E-state index contributed by atoms with van der Waals surface area (Å²) < 4.78 is 11.9. The first-order valence-electron chi connectivity index (χ1n) is 5.19. The highest BCUT2D eigenvalue weighted by molar-refractivity contribution is 7.85. The van der Waals surface area contributed by atoms with E-state index >= 15 is 0 Å². The minimum Gasteiger partial charge on any atom is -0.508 e. The summed E-state index contributed by atoms with van der Waals surface area (Å²) in [5.74, 6) is -0.244. The highest BCUT2D eigenvalue weighted by atomic mass is 32.2. The van der Waals surface area contributed by atoms with Crippen LogP contribution in [0.5, 0.6) is 0 Å². The van der Waals surface area contributed by atoms with Crippen molar-refractivity contribution in [3.05, 3.63) is 47.7 Å². The Labute approximate surface area is 100 Å². The monoisotopic (exact) mass is 246 g/mol. The van der Waals surface area contributed by atoms with E-state index in [0.717, 1.165) is 10.8 Å². The zero-order chi connectivity index (χ0) is 12.0. The number of fused-ring (bicyclic) bond motifs is 2. The van der Waals surface area contributed by atoms with E-state index in [1.165, 1.54) is 6.08 Å². The standard InChI is InChI=1S/C13H10O3S/c14-11-6-10-5-8-3-1-2-4-9(8)7-12(10)17(16)13(11)15/h1-7,13-15H. The van der Waals surface area contributed by atoms with Crippen LogP contribution in [-0.4, -0.2) is 19.9 Å². The number of hydrogen-bond donors (Lipinski definition) is 2. The molecule has 0 saturated carbocycles. The molecule has 0 aromatic heterocycles. The van der Waals surface area contributed by atoms with Gasteiger partial charge >= 0.3 is 0 Å². The largest absolute Gasteiger partial charge is 0.508 e. The fourth-order valence-electron chi connectivity index (χ4n) is 1.98. The van der Waals surface area contributed by atoms with Gasteiger partial charge in [0.15, 0.2) is 5.44 Å². The molecule has 1 aliphatic heterocycles. The Morgan fingerprint density at radius 3 is 2.47 bits per heavy atom. The molecule has 0 radical (unpaired) electrons. The van der Waals surface area contributed by atoms with Crippen LogP contribution in [0.2, 0.25) is 0 Å². The highest BCUT2D eigenvalue weighted by Crippen LogP contribution is 2.30. The predicted octanol–water partition coefficient (Wildman–Crippen LogP) is 2.18. The topological polar surface area (TPSA) is 57.5 Å². The fourth-order valence-corrected chi connectivity index (χ4v) is 3.11. The number of benzene rings is 2. The van der Waals surface area contributed by atoms with Gasteiger partial charge in [-0.2, -0.15) is 0 Å². The smallest absolute Gasteiger partial charge is 0.190 e. The fraction of sp³-hybridized carbons (Fsp3) is 0.0769. The van der Waals surface area contributed by atoms with Gasteiger partial charge in [0.2, 0.25) is 0 Å². The number of hydrogen-bond acceptors (Lipinski definition) is 3. The average molecular weight is 246 g/mol. The normalized spacial score (nSPS) is 23.2. The van der Waals surface area contributed by atoms with E-state index in [0.29, 0.717) is 10.5 Å². The summed E-state index contributed by atoms with van der Waals surface area (Å²) in [4.78, 5) is 0.564. The maximum absolute atomic E-state index is 11.9. The second kappa shape index (κ2) is 3.68. The molecule has 2 aromatic carbocycles. The zero-order valence-corrected chi connectivity index (χ0v) is 9.65. The first kappa shape index (κ1) is 10.5. The molecule has 3 rings (SSSR count). The molecule has 2 aromatic rings. The van der Waals surface area contributed by atoms with E-state index in [2.05, 4.69) is 0 Å². The Hall–Kier alpha value is -1.65. The quantitative estimate of drug-likeness (QED) is 0.749. The van der Waals surface area contributed by atoms with Gasteiger partial charge in [-0.1, -0.05) is 24.3 Å². The van der Waals surface area contributed by atoms with Crippen molar-refractivity contribution in [1.29, 1.82) is 0 Å². The van der Waals surface area contributed by atoms with Gasteiger partial charge in [0, 0.05) is 4.90 Å². The first-order valence-corrected chi connectivity index (χ1v) is 6.40. The van der Waals surface area contributed by atoms with Crippen molar-refractivity contribution in [3.8, 4) is 0 Å². The Morgan fingerprint density at radius 2 is 1.76 bits per heavy atom. The maximum Gasteiger partial charge on any atom is 0.190 e. The van der Waals surface area contributed by atoms with Crippen molar-refractivity contribution in [2.45, 2.75) is 10.3 Å². The van der Waals surface area contributed by atoms with Gasteiger partial charge in [0.05, 0.1) is 10.8 Å². The molecule has 17 heavy (non-hydrogen) atoms. The molecule has 3 nitrogen and oxygen atoms in total. The van der Waals surface area contributed by atoms with Crippen LogP contribution in [-0.2, 0) is 10.8 Å². The van der Waals surface area contributed by atoms with Gasteiger partial charge in [0.25, 0.3) is 0 Å². The van der Waals surface area contributed by atoms with E-state index in [4.69, 9.17) is 0 Å². The number of aliphatic hydroxyl groups excluding tert-OH is 2. The Bertz CT molecular complexity index is 661. The lowest BCUT2D eigenvalue weighted by atomic mass is 10.1. The molecule has 2 N–H and O–H groups in total. The molecule has 1 aliphatic rings. The van der Waals surface area contributed by atoms with Gasteiger partial charge in [0.1, 0.15) is 5.76 Å². The van der Waals surface area contributed by atoms with Crippen molar-refractivity contribution in [3.63, 3.8) is 0 Å². The van der Waals surface area contributed by atoms with Gasteiger partial charge in [-0.15, -0.1) is 0 Å².